The van der Waals surface area contributed by atoms with Crippen LogP contribution in [0.4, 0.5) is 5.69 Å². The second-order valence-electron chi connectivity index (χ2n) is 7.96. The summed E-state index contributed by atoms with van der Waals surface area (Å²) >= 11 is 1.88. The molecule has 29 heavy (non-hydrogen) atoms. The number of rotatable bonds is 5. The molecule has 0 spiro atoms. The zero-order valence-corrected chi connectivity index (χ0v) is 17.9. The van der Waals surface area contributed by atoms with Crippen molar-refractivity contribution in [2.24, 2.45) is 4.99 Å². The van der Waals surface area contributed by atoms with E-state index < -0.39 is 0 Å². The van der Waals surface area contributed by atoms with Crippen LogP contribution in [-0.2, 0) is 0 Å². The Hall–Kier alpha value is -2.21. The number of nitrogens with zero attached hydrogens (tertiary/aromatic N) is 4. The van der Waals surface area contributed by atoms with E-state index in [-0.39, 0.29) is 12.1 Å². The van der Waals surface area contributed by atoms with Gasteiger partial charge in [0.15, 0.2) is 5.17 Å². The first kappa shape index (κ1) is 18.8. The van der Waals surface area contributed by atoms with E-state index in [1.807, 2.05) is 24.0 Å². The molecule has 0 bridgehead atoms. The van der Waals surface area contributed by atoms with Gasteiger partial charge in [0.2, 0.25) is 0 Å². The van der Waals surface area contributed by atoms with E-state index in [0.29, 0.717) is 6.04 Å². The SMILES string of the molecule is CC[C@@H]1CSC2=N[C@@H](c3ccccn3)[C@@H](c3ccc(N4CCCC4)c(OC)c3)N21. The van der Waals surface area contributed by atoms with Gasteiger partial charge < -0.3 is 14.5 Å². The molecule has 2 aromatic rings. The highest BCUT2D eigenvalue weighted by Gasteiger charge is 2.45. The summed E-state index contributed by atoms with van der Waals surface area (Å²) in [5.41, 5.74) is 3.52. The Labute approximate surface area is 177 Å². The molecular formula is C23H28N4OS. The van der Waals surface area contributed by atoms with Gasteiger partial charge in [0.25, 0.3) is 0 Å². The molecule has 3 aliphatic rings. The Balaban J connectivity index is 1.56. The lowest BCUT2D eigenvalue weighted by molar-refractivity contribution is 0.254. The summed E-state index contributed by atoms with van der Waals surface area (Å²) in [6.45, 7) is 4.50. The summed E-state index contributed by atoms with van der Waals surface area (Å²) in [6, 6.07) is 13.6. The number of hydrogen-bond acceptors (Lipinski definition) is 6. The maximum Gasteiger partial charge on any atom is 0.160 e. The van der Waals surface area contributed by atoms with Crippen LogP contribution in [0.15, 0.2) is 47.6 Å². The lowest BCUT2D eigenvalue weighted by Crippen LogP contribution is -2.35. The Kier molecular flexibility index (Phi) is 5.12. The van der Waals surface area contributed by atoms with Gasteiger partial charge in [-0.1, -0.05) is 30.8 Å². The molecule has 3 atom stereocenters. The molecule has 2 fully saturated rings. The van der Waals surface area contributed by atoms with Crippen LogP contribution in [0.5, 0.6) is 5.75 Å². The van der Waals surface area contributed by atoms with Gasteiger partial charge in [0.1, 0.15) is 11.8 Å². The summed E-state index contributed by atoms with van der Waals surface area (Å²) in [6.07, 6.45) is 5.52. The zero-order chi connectivity index (χ0) is 19.8. The fourth-order valence-electron chi connectivity index (χ4n) is 4.81. The minimum absolute atomic E-state index is 0.0235. The summed E-state index contributed by atoms with van der Waals surface area (Å²) in [5, 5.41) is 1.17. The molecule has 2 saturated heterocycles. The molecule has 0 unspecified atom stereocenters. The highest BCUT2D eigenvalue weighted by atomic mass is 32.2. The summed E-state index contributed by atoms with van der Waals surface area (Å²) < 4.78 is 5.85. The van der Waals surface area contributed by atoms with Gasteiger partial charge in [0.05, 0.1) is 24.5 Å². The first-order valence-electron chi connectivity index (χ1n) is 10.6. The number of hydrogen-bond donors (Lipinski definition) is 0. The Morgan fingerprint density at radius 2 is 2.03 bits per heavy atom. The number of aliphatic imine (C=N–C) groups is 1. The third-order valence-electron chi connectivity index (χ3n) is 6.32. The van der Waals surface area contributed by atoms with Crippen LogP contribution in [0, 0.1) is 0 Å². The van der Waals surface area contributed by atoms with E-state index in [9.17, 15) is 0 Å². The van der Waals surface area contributed by atoms with Gasteiger partial charge in [-0.05, 0) is 49.1 Å². The van der Waals surface area contributed by atoms with Crippen molar-refractivity contribution in [1.29, 1.82) is 0 Å². The minimum atomic E-state index is 0.0235. The predicted octanol–water partition coefficient (Wildman–Crippen LogP) is 4.67. The minimum Gasteiger partial charge on any atom is -0.495 e. The zero-order valence-electron chi connectivity index (χ0n) is 17.1. The molecule has 0 N–H and O–H groups in total. The van der Waals surface area contributed by atoms with E-state index >= 15 is 0 Å². The third kappa shape index (κ3) is 3.27. The van der Waals surface area contributed by atoms with Crippen molar-refractivity contribution in [3.05, 3.63) is 53.9 Å². The predicted molar refractivity (Wildman–Crippen MR) is 120 cm³/mol. The molecule has 1 aromatic heterocycles. The van der Waals surface area contributed by atoms with E-state index in [2.05, 4.69) is 52.0 Å². The molecule has 0 radical (unpaired) electrons. The molecule has 0 amide bonds. The van der Waals surface area contributed by atoms with Crippen molar-refractivity contribution in [3.63, 3.8) is 0 Å². The van der Waals surface area contributed by atoms with E-state index in [0.717, 1.165) is 36.7 Å². The molecule has 4 heterocycles. The molecule has 6 heteroatoms. The molecule has 1 aromatic carbocycles. The maximum atomic E-state index is 5.85. The molecular weight excluding hydrogens is 380 g/mol. The molecule has 0 aliphatic carbocycles. The lowest BCUT2D eigenvalue weighted by Gasteiger charge is -2.32. The number of anilines is 1. The lowest BCUT2D eigenvalue weighted by atomic mass is 9.94. The summed E-state index contributed by atoms with van der Waals surface area (Å²) in [4.78, 5) is 14.8. The second-order valence-corrected chi connectivity index (χ2v) is 8.95. The number of amidine groups is 1. The number of fused-ring (bicyclic) bond motifs is 1. The monoisotopic (exact) mass is 408 g/mol. The van der Waals surface area contributed by atoms with Crippen molar-refractivity contribution in [2.75, 3.05) is 30.9 Å². The number of ether oxygens (including phenoxy) is 1. The maximum absolute atomic E-state index is 5.85. The van der Waals surface area contributed by atoms with Crippen molar-refractivity contribution >= 4 is 22.6 Å². The van der Waals surface area contributed by atoms with E-state index in [1.165, 1.54) is 29.3 Å². The van der Waals surface area contributed by atoms with E-state index in [4.69, 9.17) is 9.73 Å². The average molecular weight is 409 g/mol. The highest BCUT2D eigenvalue weighted by molar-refractivity contribution is 8.14. The first-order valence-corrected chi connectivity index (χ1v) is 11.6. The fourth-order valence-corrected chi connectivity index (χ4v) is 6.14. The van der Waals surface area contributed by atoms with Gasteiger partial charge >= 0.3 is 0 Å². The van der Waals surface area contributed by atoms with Crippen molar-refractivity contribution in [3.8, 4) is 5.75 Å². The van der Waals surface area contributed by atoms with Crippen LogP contribution in [-0.4, -0.2) is 47.0 Å². The van der Waals surface area contributed by atoms with E-state index in [1.54, 1.807) is 7.11 Å². The van der Waals surface area contributed by atoms with Crippen molar-refractivity contribution < 1.29 is 4.74 Å². The number of methoxy groups -OCH3 is 1. The van der Waals surface area contributed by atoms with Crippen molar-refractivity contribution in [1.82, 2.24) is 9.88 Å². The van der Waals surface area contributed by atoms with Gasteiger partial charge in [-0.25, -0.2) is 0 Å². The topological polar surface area (TPSA) is 41.0 Å². The molecule has 0 saturated carbocycles. The van der Waals surface area contributed by atoms with Crippen LogP contribution >= 0.6 is 11.8 Å². The number of aromatic nitrogens is 1. The normalized spacial score (nSPS) is 26.0. The Morgan fingerprint density at radius 3 is 2.76 bits per heavy atom. The average Bonchev–Trinajstić information content (AvgIpc) is 3.50. The van der Waals surface area contributed by atoms with Crippen LogP contribution in [0.3, 0.4) is 0 Å². The largest absolute Gasteiger partial charge is 0.495 e. The Bertz CT molecular complexity index is 897. The van der Waals surface area contributed by atoms with Crippen LogP contribution in [0.1, 0.15) is 49.5 Å². The molecule has 152 valence electrons. The Morgan fingerprint density at radius 1 is 1.17 bits per heavy atom. The van der Waals surface area contributed by atoms with Gasteiger partial charge in [-0.3, -0.25) is 9.98 Å². The van der Waals surface area contributed by atoms with Crippen LogP contribution < -0.4 is 9.64 Å². The number of pyridine rings is 1. The first-order chi connectivity index (χ1) is 14.3. The number of benzene rings is 1. The quantitative estimate of drug-likeness (QED) is 0.719. The molecule has 5 nitrogen and oxygen atoms in total. The number of thioether (sulfide) groups is 1. The third-order valence-corrected chi connectivity index (χ3v) is 7.45. The molecule has 5 rings (SSSR count). The van der Waals surface area contributed by atoms with Crippen molar-refractivity contribution in [2.45, 2.75) is 44.3 Å². The summed E-state index contributed by atoms with van der Waals surface area (Å²) in [7, 11) is 1.78. The van der Waals surface area contributed by atoms with Crippen LogP contribution in [0.2, 0.25) is 0 Å². The van der Waals surface area contributed by atoms with Crippen LogP contribution in [0.25, 0.3) is 0 Å². The van der Waals surface area contributed by atoms with Gasteiger partial charge in [-0.15, -0.1) is 0 Å². The summed E-state index contributed by atoms with van der Waals surface area (Å²) in [5.74, 6) is 2.08. The standard InChI is InChI=1S/C23H28N4OS/c1-3-17-15-29-23-25-21(18-8-4-5-11-24-18)22(27(17)23)16-9-10-19(20(14-16)28-2)26-12-6-7-13-26/h4-5,8-11,14,17,21-22H,3,6-7,12-13,15H2,1-2H3/t17-,21+,22-/m1/s1. The second kappa shape index (κ2) is 7.90. The fraction of sp³-hybridized carbons (Fsp3) is 0.478. The van der Waals surface area contributed by atoms with Gasteiger partial charge in [0, 0.05) is 31.1 Å². The van der Waals surface area contributed by atoms with Gasteiger partial charge in [-0.2, -0.15) is 0 Å². The molecule has 3 aliphatic heterocycles. The smallest absolute Gasteiger partial charge is 0.160 e. The highest BCUT2D eigenvalue weighted by Crippen LogP contribution is 2.49.